The molecular weight excluding hydrogens is 206 g/mol. The molecule has 15 heavy (non-hydrogen) atoms. The van der Waals surface area contributed by atoms with Gasteiger partial charge in [-0.1, -0.05) is 6.07 Å². The lowest BCUT2D eigenvalue weighted by molar-refractivity contribution is 0.340. The Labute approximate surface area is 95.4 Å². The van der Waals surface area contributed by atoms with Crippen molar-refractivity contribution in [2.24, 2.45) is 0 Å². The summed E-state index contributed by atoms with van der Waals surface area (Å²) in [6.45, 7) is 2.73. The van der Waals surface area contributed by atoms with Crippen molar-refractivity contribution in [2.45, 2.75) is 19.4 Å². The van der Waals surface area contributed by atoms with E-state index in [-0.39, 0.29) is 0 Å². The molecule has 1 saturated heterocycles. The molecule has 0 saturated carbocycles. The summed E-state index contributed by atoms with van der Waals surface area (Å²) < 4.78 is 5.47. The minimum absolute atomic E-state index is 0.631. The molecule has 1 aromatic carbocycles. The van der Waals surface area contributed by atoms with E-state index in [0.717, 1.165) is 12.4 Å². The van der Waals surface area contributed by atoms with Gasteiger partial charge in [0.25, 0.3) is 0 Å². The monoisotopic (exact) mass is 223 g/mol. The Bertz CT molecular complexity index is 310. The van der Waals surface area contributed by atoms with Gasteiger partial charge in [0.05, 0.1) is 6.61 Å². The highest BCUT2D eigenvalue weighted by Crippen LogP contribution is 2.23. The summed E-state index contributed by atoms with van der Waals surface area (Å²) in [6, 6.07) is 8.85. The Morgan fingerprint density at radius 3 is 3.20 bits per heavy atom. The van der Waals surface area contributed by atoms with E-state index in [0.29, 0.717) is 6.04 Å². The Morgan fingerprint density at radius 1 is 1.53 bits per heavy atom. The zero-order valence-corrected chi connectivity index (χ0v) is 9.85. The Kier molecular flexibility index (Phi) is 3.78. The zero-order chi connectivity index (χ0) is 10.5. The summed E-state index contributed by atoms with van der Waals surface area (Å²) in [7, 11) is 0. The molecule has 82 valence electrons. The normalized spacial score (nSPS) is 20.2. The van der Waals surface area contributed by atoms with Gasteiger partial charge in [-0.15, -0.1) is 0 Å². The number of anilines is 1. The molecule has 2 nitrogen and oxygen atoms in total. The average molecular weight is 223 g/mol. The van der Waals surface area contributed by atoms with E-state index >= 15 is 0 Å². The van der Waals surface area contributed by atoms with Crippen molar-refractivity contribution in [3.05, 3.63) is 24.3 Å². The second-order valence-corrected chi connectivity index (χ2v) is 4.82. The van der Waals surface area contributed by atoms with Gasteiger partial charge < -0.3 is 10.1 Å². The molecule has 2 rings (SSSR count). The van der Waals surface area contributed by atoms with Gasteiger partial charge in [0.1, 0.15) is 5.75 Å². The largest absolute Gasteiger partial charge is 0.494 e. The van der Waals surface area contributed by atoms with Crippen LogP contribution in [-0.4, -0.2) is 24.2 Å². The number of ether oxygens (including phenoxy) is 1. The van der Waals surface area contributed by atoms with Crippen LogP contribution in [-0.2, 0) is 0 Å². The molecular formula is C12H17NOS. The smallest absolute Gasteiger partial charge is 0.121 e. The van der Waals surface area contributed by atoms with Crippen LogP contribution in [0.1, 0.15) is 13.3 Å². The van der Waals surface area contributed by atoms with Gasteiger partial charge >= 0.3 is 0 Å². The van der Waals surface area contributed by atoms with Gasteiger partial charge in [-0.3, -0.25) is 0 Å². The second-order valence-electron chi connectivity index (χ2n) is 3.67. The second kappa shape index (κ2) is 5.31. The van der Waals surface area contributed by atoms with Crippen LogP contribution < -0.4 is 10.1 Å². The molecule has 0 bridgehead atoms. The highest BCUT2D eigenvalue weighted by atomic mass is 32.2. The minimum Gasteiger partial charge on any atom is -0.494 e. The molecule has 1 aliphatic heterocycles. The van der Waals surface area contributed by atoms with E-state index in [2.05, 4.69) is 17.4 Å². The summed E-state index contributed by atoms with van der Waals surface area (Å²) in [5, 5.41) is 3.54. The maximum absolute atomic E-state index is 5.47. The van der Waals surface area contributed by atoms with Crippen LogP contribution >= 0.6 is 11.8 Å². The first-order chi connectivity index (χ1) is 7.38. The topological polar surface area (TPSA) is 21.3 Å². The van der Waals surface area contributed by atoms with E-state index in [1.165, 1.54) is 23.6 Å². The first-order valence-electron chi connectivity index (χ1n) is 5.45. The third-order valence-corrected chi connectivity index (χ3v) is 3.61. The lowest BCUT2D eigenvalue weighted by Gasteiger charge is -2.13. The summed E-state index contributed by atoms with van der Waals surface area (Å²) in [6.07, 6.45) is 1.27. The van der Waals surface area contributed by atoms with E-state index in [4.69, 9.17) is 4.74 Å². The van der Waals surface area contributed by atoms with E-state index in [1.807, 2.05) is 30.8 Å². The number of thioether (sulfide) groups is 1. The number of hydrogen-bond acceptors (Lipinski definition) is 3. The molecule has 0 unspecified atom stereocenters. The first-order valence-corrected chi connectivity index (χ1v) is 6.61. The maximum Gasteiger partial charge on any atom is 0.121 e. The molecule has 3 heteroatoms. The molecule has 0 amide bonds. The van der Waals surface area contributed by atoms with E-state index in [9.17, 15) is 0 Å². The standard InChI is InChI=1S/C12H17NOS/c1-2-14-12-5-3-4-10(8-12)13-11-6-7-15-9-11/h3-5,8,11,13H,2,6-7,9H2,1H3/t11-/m1/s1. The summed E-state index contributed by atoms with van der Waals surface area (Å²) >= 11 is 2.02. The average Bonchev–Trinajstić information content (AvgIpc) is 2.71. The van der Waals surface area contributed by atoms with Gasteiger partial charge in [0.15, 0.2) is 0 Å². The van der Waals surface area contributed by atoms with Crippen molar-refractivity contribution >= 4 is 17.4 Å². The summed E-state index contributed by atoms with van der Waals surface area (Å²) in [5.74, 6) is 3.45. The Balaban J connectivity index is 1.97. The quantitative estimate of drug-likeness (QED) is 0.848. The lowest BCUT2D eigenvalue weighted by atomic mass is 10.2. The van der Waals surface area contributed by atoms with Crippen molar-refractivity contribution in [3.8, 4) is 5.75 Å². The van der Waals surface area contributed by atoms with Crippen LogP contribution in [0.15, 0.2) is 24.3 Å². The molecule has 1 fully saturated rings. The summed E-state index contributed by atoms with van der Waals surface area (Å²) in [5.41, 5.74) is 1.17. The van der Waals surface area contributed by atoms with Gasteiger partial charge in [-0.05, 0) is 31.2 Å². The van der Waals surface area contributed by atoms with Gasteiger partial charge in [0, 0.05) is 23.5 Å². The maximum atomic E-state index is 5.47. The predicted molar refractivity (Wildman–Crippen MR) is 67.0 cm³/mol. The van der Waals surface area contributed by atoms with E-state index in [1.54, 1.807) is 0 Å². The van der Waals surface area contributed by atoms with Crippen LogP contribution in [0.25, 0.3) is 0 Å². The van der Waals surface area contributed by atoms with E-state index < -0.39 is 0 Å². The Morgan fingerprint density at radius 2 is 2.47 bits per heavy atom. The highest BCUT2D eigenvalue weighted by Gasteiger charge is 2.14. The molecule has 1 aliphatic rings. The van der Waals surface area contributed by atoms with Crippen molar-refractivity contribution in [1.29, 1.82) is 0 Å². The van der Waals surface area contributed by atoms with Gasteiger partial charge in [0.2, 0.25) is 0 Å². The molecule has 1 heterocycles. The predicted octanol–water partition coefficient (Wildman–Crippen LogP) is 3.00. The number of nitrogens with one attached hydrogen (secondary N) is 1. The van der Waals surface area contributed by atoms with Gasteiger partial charge in [-0.2, -0.15) is 11.8 Å². The fourth-order valence-corrected chi connectivity index (χ4v) is 2.88. The van der Waals surface area contributed by atoms with Crippen LogP contribution in [0.3, 0.4) is 0 Å². The molecule has 1 aromatic rings. The molecule has 1 N–H and O–H groups in total. The van der Waals surface area contributed by atoms with Crippen LogP contribution in [0.5, 0.6) is 5.75 Å². The van der Waals surface area contributed by atoms with Crippen molar-refractivity contribution < 1.29 is 4.74 Å². The van der Waals surface area contributed by atoms with Crippen LogP contribution in [0.4, 0.5) is 5.69 Å². The van der Waals surface area contributed by atoms with Crippen molar-refractivity contribution in [3.63, 3.8) is 0 Å². The first kappa shape index (κ1) is 10.7. The van der Waals surface area contributed by atoms with Crippen molar-refractivity contribution in [2.75, 3.05) is 23.4 Å². The molecule has 1 atom stereocenters. The highest BCUT2D eigenvalue weighted by molar-refractivity contribution is 7.99. The third-order valence-electron chi connectivity index (χ3n) is 2.45. The van der Waals surface area contributed by atoms with Crippen molar-refractivity contribution in [1.82, 2.24) is 0 Å². The third kappa shape index (κ3) is 3.06. The molecule has 0 radical (unpaired) electrons. The molecule has 0 spiro atoms. The molecule has 0 aromatic heterocycles. The minimum atomic E-state index is 0.631. The zero-order valence-electron chi connectivity index (χ0n) is 9.03. The van der Waals surface area contributed by atoms with Gasteiger partial charge in [-0.25, -0.2) is 0 Å². The molecule has 0 aliphatic carbocycles. The van der Waals surface area contributed by atoms with Crippen LogP contribution in [0.2, 0.25) is 0 Å². The Hall–Kier alpha value is -0.830. The number of hydrogen-bond donors (Lipinski definition) is 1. The lowest BCUT2D eigenvalue weighted by Crippen LogP contribution is -2.17. The number of rotatable bonds is 4. The fourth-order valence-electron chi connectivity index (χ4n) is 1.73. The number of benzene rings is 1. The fraction of sp³-hybridized carbons (Fsp3) is 0.500. The SMILES string of the molecule is CCOc1cccc(N[C@@H]2CCSC2)c1. The summed E-state index contributed by atoms with van der Waals surface area (Å²) in [4.78, 5) is 0. The van der Waals surface area contributed by atoms with Crippen LogP contribution in [0, 0.1) is 0 Å².